The van der Waals surface area contributed by atoms with Gasteiger partial charge in [-0.25, -0.2) is 4.98 Å². The van der Waals surface area contributed by atoms with E-state index in [2.05, 4.69) is 20.1 Å². The number of rotatable bonds is 5. The summed E-state index contributed by atoms with van der Waals surface area (Å²) < 4.78 is 11.1. The van der Waals surface area contributed by atoms with E-state index in [0.717, 1.165) is 41.5 Å². The molecule has 2 aliphatic rings. The van der Waals surface area contributed by atoms with Gasteiger partial charge in [-0.2, -0.15) is 0 Å². The number of piperazine rings is 1. The van der Waals surface area contributed by atoms with Crippen molar-refractivity contribution in [1.82, 2.24) is 19.8 Å². The van der Waals surface area contributed by atoms with Gasteiger partial charge in [-0.05, 0) is 38.5 Å². The largest absolute Gasteiger partial charge is 0.486 e. The molecule has 0 aliphatic carbocycles. The third-order valence-electron chi connectivity index (χ3n) is 6.61. The number of ether oxygens (including phenoxy) is 2. The van der Waals surface area contributed by atoms with Crippen LogP contribution < -0.4 is 20.3 Å². The van der Waals surface area contributed by atoms with E-state index in [-0.39, 0.29) is 17.5 Å². The standard InChI is InChI=1S/C24H29N5O4S/c1-14-16(3)34-24-21(14)23(31)26-20(27-24)13-28-6-8-29(9-7-28)15(2)22(30)25-17-4-5-18-19(12-17)33-11-10-32-18/h4-5,12,15H,6-11,13H2,1-3H3,(H,25,30)(H,26,27,31)/t15-/m0/s1. The molecule has 1 aromatic carbocycles. The van der Waals surface area contributed by atoms with E-state index >= 15 is 0 Å². The first-order valence-electron chi connectivity index (χ1n) is 11.5. The third kappa shape index (κ3) is 4.53. The number of benzene rings is 1. The van der Waals surface area contributed by atoms with E-state index in [4.69, 9.17) is 14.5 Å². The summed E-state index contributed by atoms with van der Waals surface area (Å²) in [7, 11) is 0. The molecular formula is C24H29N5O4S. The summed E-state index contributed by atoms with van der Waals surface area (Å²) in [6.45, 7) is 10.7. The van der Waals surface area contributed by atoms with Crippen LogP contribution in [0, 0.1) is 13.8 Å². The van der Waals surface area contributed by atoms with E-state index in [0.29, 0.717) is 48.2 Å². The molecule has 2 aliphatic heterocycles. The van der Waals surface area contributed by atoms with Gasteiger partial charge in [0, 0.05) is 42.8 Å². The minimum Gasteiger partial charge on any atom is -0.486 e. The second-order valence-corrected chi connectivity index (χ2v) is 10.0. The van der Waals surface area contributed by atoms with Gasteiger partial charge in [-0.15, -0.1) is 11.3 Å². The highest BCUT2D eigenvalue weighted by atomic mass is 32.1. The lowest BCUT2D eigenvalue weighted by Gasteiger charge is -2.37. The number of anilines is 1. The first-order chi connectivity index (χ1) is 16.4. The fraction of sp³-hybridized carbons (Fsp3) is 0.458. The number of aryl methyl sites for hydroxylation is 2. The molecule has 0 saturated carbocycles. The van der Waals surface area contributed by atoms with Gasteiger partial charge in [-0.3, -0.25) is 19.4 Å². The van der Waals surface area contributed by atoms with E-state index in [1.807, 2.05) is 32.9 Å². The second kappa shape index (κ2) is 9.36. The molecule has 4 heterocycles. The Hall–Kier alpha value is -2.95. The molecule has 9 nitrogen and oxygen atoms in total. The van der Waals surface area contributed by atoms with Gasteiger partial charge >= 0.3 is 0 Å². The van der Waals surface area contributed by atoms with Crippen molar-refractivity contribution in [3.63, 3.8) is 0 Å². The zero-order chi connectivity index (χ0) is 23.8. The quantitative estimate of drug-likeness (QED) is 0.575. The smallest absolute Gasteiger partial charge is 0.259 e. The number of carbonyl (C=O) groups excluding carboxylic acids is 1. The minimum absolute atomic E-state index is 0.0509. The molecule has 34 heavy (non-hydrogen) atoms. The first-order valence-corrected chi connectivity index (χ1v) is 12.4. The molecule has 2 N–H and O–H groups in total. The van der Waals surface area contributed by atoms with Crippen LogP contribution in [0.5, 0.6) is 11.5 Å². The van der Waals surface area contributed by atoms with Crippen LogP contribution in [0.2, 0.25) is 0 Å². The summed E-state index contributed by atoms with van der Waals surface area (Å²) in [5.41, 5.74) is 1.64. The number of aromatic amines is 1. The zero-order valence-corrected chi connectivity index (χ0v) is 20.5. The van der Waals surface area contributed by atoms with Crippen molar-refractivity contribution in [2.24, 2.45) is 0 Å². The Kier molecular flexibility index (Phi) is 6.28. The average Bonchev–Trinajstić information content (AvgIpc) is 3.12. The van der Waals surface area contributed by atoms with E-state index in [1.165, 1.54) is 0 Å². The van der Waals surface area contributed by atoms with Crippen molar-refractivity contribution in [1.29, 1.82) is 0 Å². The molecular weight excluding hydrogens is 454 g/mol. The van der Waals surface area contributed by atoms with Crippen molar-refractivity contribution in [3.8, 4) is 11.5 Å². The molecule has 0 spiro atoms. The number of H-pyrrole nitrogens is 1. The van der Waals surface area contributed by atoms with Crippen molar-refractivity contribution in [3.05, 3.63) is 44.8 Å². The number of amides is 1. The summed E-state index contributed by atoms with van der Waals surface area (Å²) in [6.07, 6.45) is 0. The predicted molar refractivity (Wildman–Crippen MR) is 132 cm³/mol. The van der Waals surface area contributed by atoms with Crippen molar-refractivity contribution in [2.45, 2.75) is 33.4 Å². The number of carbonyl (C=O) groups is 1. The lowest BCUT2D eigenvalue weighted by Crippen LogP contribution is -2.52. The van der Waals surface area contributed by atoms with Crippen LogP contribution in [0.15, 0.2) is 23.0 Å². The van der Waals surface area contributed by atoms with Crippen molar-refractivity contribution in [2.75, 3.05) is 44.7 Å². The highest BCUT2D eigenvalue weighted by Gasteiger charge is 2.26. The molecule has 1 amide bonds. The van der Waals surface area contributed by atoms with Crippen LogP contribution in [0.1, 0.15) is 23.2 Å². The number of nitrogens with one attached hydrogen (secondary N) is 2. The normalized spacial score (nSPS) is 17.6. The number of aromatic nitrogens is 2. The van der Waals surface area contributed by atoms with E-state index in [9.17, 15) is 9.59 Å². The molecule has 180 valence electrons. The van der Waals surface area contributed by atoms with Crippen LogP contribution in [0.25, 0.3) is 10.2 Å². The molecule has 5 rings (SSSR count). The molecule has 2 aromatic heterocycles. The van der Waals surface area contributed by atoms with Crippen LogP contribution in [-0.4, -0.2) is 71.1 Å². The predicted octanol–water partition coefficient (Wildman–Crippen LogP) is 2.52. The van der Waals surface area contributed by atoms with Gasteiger partial charge in [-0.1, -0.05) is 0 Å². The minimum atomic E-state index is -0.262. The topological polar surface area (TPSA) is 99.8 Å². The van der Waals surface area contributed by atoms with Gasteiger partial charge in [0.1, 0.15) is 23.9 Å². The molecule has 3 aromatic rings. The van der Waals surface area contributed by atoms with Gasteiger partial charge in [0.25, 0.3) is 5.56 Å². The maximum atomic E-state index is 12.9. The summed E-state index contributed by atoms with van der Waals surface area (Å²) in [6, 6.07) is 5.19. The Morgan fingerprint density at radius 3 is 2.68 bits per heavy atom. The molecule has 0 radical (unpaired) electrons. The molecule has 1 fully saturated rings. The Labute approximate surface area is 201 Å². The van der Waals surface area contributed by atoms with E-state index in [1.54, 1.807) is 17.4 Å². The fourth-order valence-electron chi connectivity index (χ4n) is 4.43. The third-order valence-corrected chi connectivity index (χ3v) is 7.71. The molecule has 10 heteroatoms. The number of thiophene rings is 1. The van der Waals surface area contributed by atoms with Gasteiger partial charge in [0.15, 0.2) is 11.5 Å². The van der Waals surface area contributed by atoms with E-state index < -0.39 is 0 Å². The monoisotopic (exact) mass is 483 g/mol. The summed E-state index contributed by atoms with van der Waals surface area (Å²) in [4.78, 5) is 39.4. The maximum absolute atomic E-state index is 12.9. The number of nitrogens with zero attached hydrogens (tertiary/aromatic N) is 3. The Morgan fingerprint density at radius 1 is 1.18 bits per heavy atom. The lowest BCUT2D eigenvalue weighted by atomic mass is 10.2. The van der Waals surface area contributed by atoms with Gasteiger partial charge in [0.05, 0.1) is 18.0 Å². The van der Waals surface area contributed by atoms with Crippen LogP contribution in [-0.2, 0) is 11.3 Å². The van der Waals surface area contributed by atoms with Crippen molar-refractivity contribution >= 4 is 33.1 Å². The lowest BCUT2D eigenvalue weighted by molar-refractivity contribution is -0.121. The Balaban J connectivity index is 1.17. The SMILES string of the molecule is Cc1sc2nc(CN3CCN([C@@H](C)C(=O)Nc4ccc5c(c4)OCCO5)CC3)[nH]c(=O)c2c1C. The molecule has 1 saturated heterocycles. The Bertz CT molecular complexity index is 1280. The maximum Gasteiger partial charge on any atom is 0.259 e. The molecule has 1 atom stereocenters. The molecule has 0 bridgehead atoms. The van der Waals surface area contributed by atoms with Crippen LogP contribution in [0.3, 0.4) is 0 Å². The summed E-state index contributed by atoms with van der Waals surface area (Å²) in [5, 5.41) is 3.69. The fourth-order valence-corrected chi connectivity index (χ4v) is 5.48. The Morgan fingerprint density at radius 2 is 1.91 bits per heavy atom. The first kappa shape index (κ1) is 22.8. The average molecular weight is 484 g/mol. The highest BCUT2D eigenvalue weighted by Crippen LogP contribution is 2.32. The number of hydrogen-bond donors (Lipinski definition) is 2. The highest BCUT2D eigenvalue weighted by molar-refractivity contribution is 7.18. The molecule has 0 unspecified atom stereocenters. The second-order valence-electron chi connectivity index (χ2n) is 8.81. The zero-order valence-electron chi connectivity index (χ0n) is 19.6. The van der Waals surface area contributed by atoms with Crippen LogP contribution in [0.4, 0.5) is 5.69 Å². The van der Waals surface area contributed by atoms with Gasteiger partial charge < -0.3 is 19.8 Å². The summed E-state index contributed by atoms with van der Waals surface area (Å²) in [5.74, 6) is 2.00. The number of fused-ring (bicyclic) bond motifs is 2. The van der Waals surface area contributed by atoms with Gasteiger partial charge in [0.2, 0.25) is 5.91 Å². The van der Waals surface area contributed by atoms with Crippen molar-refractivity contribution < 1.29 is 14.3 Å². The summed E-state index contributed by atoms with van der Waals surface area (Å²) >= 11 is 1.57. The number of hydrogen-bond acceptors (Lipinski definition) is 8. The van der Waals surface area contributed by atoms with Crippen LogP contribution >= 0.6 is 11.3 Å².